The lowest BCUT2D eigenvalue weighted by atomic mass is 9.80. The molecule has 5 atom stereocenters. The normalized spacial score (nSPS) is 17.3. The van der Waals surface area contributed by atoms with Crippen molar-refractivity contribution in [2.75, 3.05) is 41.2 Å². The topological polar surface area (TPSA) is 167 Å². The monoisotopic (exact) mass is 1070 g/mol. The average Bonchev–Trinajstić information content (AvgIpc) is 4.06. The van der Waals surface area contributed by atoms with E-state index in [0.29, 0.717) is 41.0 Å². The van der Waals surface area contributed by atoms with Crippen LogP contribution in [-0.2, 0) is 35.5 Å². The molecule has 8 rings (SSSR count). The first-order chi connectivity index (χ1) is 36.8. The molecule has 4 heterocycles. The molecule has 0 saturated carbocycles. The minimum atomic E-state index is -1.84. The van der Waals surface area contributed by atoms with Crippen molar-refractivity contribution in [2.45, 2.75) is 109 Å². The third kappa shape index (κ3) is 12.9. The molecule has 1 unspecified atom stereocenters. The van der Waals surface area contributed by atoms with Gasteiger partial charge in [0.2, 0.25) is 11.8 Å². The van der Waals surface area contributed by atoms with E-state index < -0.39 is 46.7 Å². The van der Waals surface area contributed by atoms with Gasteiger partial charge in [-0.15, -0.1) is 0 Å². The predicted octanol–water partition coefficient (Wildman–Crippen LogP) is 11.8. The van der Waals surface area contributed by atoms with Gasteiger partial charge in [-0.05, 0) is 98.0 Å². The fourth-order valence-corrected chi connectivity index (χ4v) is 11.9. The summed E-state index contributed by atoms with van der Waals surface area (Å²) in [5.41, 5.74) is 5.09. The Balaban J connectivity index is 1.26. The third-order valence-electron chi connectivity index (χ3n) is 13.2. The fraction of sp³-hybridized carbons (Fsp3) is 0.397. The van der Waals surface area contributed by atoms with E-state index in [-0.39, 0.29) is 38.3 Å². The summed E-state index contributed by atoms with van der Waals surface area (Å²) < 4.78 is 63.5. The van der Waals surface area contributed by atoms with E-state index in [9.17, 15) is 5.26 Å². The molecule has 0 amide bonds. The van der Waals surface area contributed by atoms with Gasteiger partial charge in [0.1, 0.15) is 41.7 Å². The van der Waals surface area contributed by atoms with Crippen LogP contribution in [0.5, 0.6) is 23.3 Å². The lowest BCUT2D eigenvalue weighted by molar-refractivity contribution is -0.0963. The van der Waals surface area contributed by atoms with Gasteiger partial charge in [-0.1, -0.05) is 98.5 Å². The van der Waals surface area contributed by atoms with E-state index in [0.717, 1.165) is 39.4 Å². The summed E-state index contributed by atoms with van der Waals surface area (Å²) in [7, 11) is 1.65. The van der Waals surface area contributed by atoms with Crippen molar-refractivity contribution in [3.63, 3.8) is 0 Å². The Bertz CT molecular complexity index is 2920. The van der Waals surface area contributed by atoms with Crippen LogP contribution in [0.1, 0.15) is 62.6 Å². The molecule has 4 aromatic carbocycles. The van der Waals surface area contributed by atoms with Crippen molar-refractivity contribution in [3.05, 3.63) is 156 Å². The molecule has 0 N–H and O–H groups in total. The highest BCUT2D eigenvalue weighted by Crippen LogP contribution is 2.52. The van der Waals surface area contributed by atoms with Gasteiger partial charge in [-0.2, -0.15) is 10.2 Å². The van der Waals surface area contributed by atoms with Crippen molar-refractivity contribution in [1.82, 2.24) is 29.2 Å². The lowest BCUT2D eigenvalue weighted by Gasteiger charge is -2.39. The summed E-state index contributed by atoms with van der Waals surface area (Å²) in [6.45, 7) is 16.2. The molecule has 0 radical (unpaired) electrons. The molecule has 76 heavy (non-hydrogen) atoms. The molecule has 1 fully saturated rings. The molecule has 16 nitrogen and oxygen atoms in total. The maximum Gasteiger partial charge on any atom is 0.259 e. The Hall–Kier alpha value is -6.32. The first kappa shape index (κ1) is 55.9. The van der Waals surface area contributed by atoms with E-state index >= 15 is 0 Å². The maximum atomic E-state index is 9.72. The molecule has 1 aliphatic rings. The summed E-state index contributed by atoms with van der Waals surface area (Å²) in [6, 6.07) is 41.1. The highest BCUT2D eigenvalue weighted by Gasteiger charge is 2.52. The number of pyridine rings is 1. The number of hydrogen-bond donors (Lipinski definition) is 0. The van der Waals surface area contributed by atoms with E-state index in [1.165, 1.54) is 6.33 Å². The SMILES string of the molecule is COc1ccc(C(OC[C@H]2O[C@@H](n3cnc4c(OCC[Si](C)(C)C)ncnc43)[C@H](OCc3ccc(-c4cccnc4OC)cc3)[C@@H]2OP(OCCC#N)N(C(C)C)C(C)C)(c2ccccc2)c2ccc(OC)cc2)cc1. The van der Waals surface area contributed by atoms with Gasteiger partial charge in [0.05, 0.1) is 66.6 Å². The predicted molar refractivity (Wildman–Crippen MR) is 296 cm³/mol. The minimum absolute atomic E-state index is 0.00174. The molecule has 0 spiro atoms. The zero-order valence-electron chi connectivity index (χ0n) is 45.2. The first-order valence-corrected chi connectivity index (χ1v) is 30.5. The number of rotatable bonds is 26. The Morgan fingerprint density at radius 2 is 1.39 bits per heavy atom. The molecule has 3 aromatic heterocycles. The minimum Gasteiger partial charge on any atom is -0.497 e. The zero-order chi connectivity index (χ0) is 53.8. The van der Waals surface area contributed by atoms with Crippen molar-refractivity contribution in [2.24, 2.45) is 0 Å². The highest BCUT2D eigenvalue weighted by molar-refractivity contribution is 7.44. The van der Waals surface area contributed by atoms with E-state index in [1.807, 2.05) is 108 Å². The zero-order valence-corrected chi connectivity index (χ0v) is 47.1. The number of imidazole rings is 1. The van der Waals surface area contributed by atoms with Crippen LogP contribution in [0.2, 0.25) is 25.7 Å². The lowest BCUT2D eigenvalue weighted by Crippen LogP contribution is -2.43. The van der Waals surface area contributed by atoms with Crippen LogP contribution < -0.4 is 18.9 Å². The van der Waals surface area contributed by atoms with Gasteiger partial charge in [0, 0.05) is 31.9 Å². The van der Waals surface area contributed by atoms with Gasteiger partial charge in [0.15, 0.2) is 17.4 Å². The third-order valence-corrected chi connectivity index (χ3v) is 17.0. The second-order valence-corrected chi connectivity index (χ2v) is 27.2. The summed E-state index contributed by atoms with van der Waals surface area (Å²) in [4.78, 5) is 18.6. The van der Waals surface area contributed by atoms with E-state index in [2.05, 4.69) is 80.2 Å². The summed E-state index contributed by atoms with van der Waals surface area (Å²) in [5.74, 6) is 2.33. The number of fused-ring (bicyclic) bond motifs is 1. The van der Waals surface area contributed by atoms with Crippen LogP contribution in [-0.4, -0.2) is 109 Å². The first-order valence-electron chi connectivity index (χ1n) is 25.7. The largest absolute Gasteiger partial charge is 0.497 e. The molecule has 0 aliphatic carbocycles. The summed E-state index contributed by atoms with van der Waals surface area (Å²) in [5, 5.41) is 9.72. The average molecular weight is 1070 g/mol. The van der Waals surface area contributed by atoms with Crippen molar-refractivity contribution >= 4 is 27.8 Å². The Kier molecular flexibility index (Phi) is 18.9. The molecule has 400 valence electrons. The smallest absolute Gasteiger partial charge is 0.259 e. The van der Waals surface area contributed by atoms with Crippen molar-refractivity contribution in [3.8, 4) is 40.5 Å². The Morgan fingerprint density at radius 3 is 2.00 bits per heavy atom. The summed E-state index contributed by atoms with van der Waals surface area (Å²) >= 11 is 0. The number of aromatic nitrogens is 5. The summed E-state index contributed by atoms with van der Waals surface area (Å²) in [6.07, 6.45) is 1.72. The Labute approximate surface area is 449 Å². The number of hydrogen-bond acceptors (Lipinski definition) is 15. The standard InChI is InChI=1S/C58H70N7O9PSi/c1-40(2)65(41(3)4)75(72-33-15-31-59)74-52-50(37-71-58(44-16-12-11-13-17-44,45-23-27-47(66-5)28-24-45)46-25-29-48(67-6)30-26-46)73-57(64-39-63-51-54(64)61-38-62-56(51)69-34-35-76(8,9)10)53(52)70-36-42-19-21-43(22-20-42)49-18-14-32-60-55(49)68-7/h11-14,16-30,32,38-41,50,52-53,57H,15,33-37H2,1-10H3/t50-,52-,53-,57-,75?/m1/s1. The molecular weight excluding hydrogens is 998 g/mol. The molecule has 7 aromatic rings. The van der Waals surface area contributed by atoms with E-state index in [1.54, 1.807) is 33.9 Å². The van der Waals surface area contributed by atoms with Gasteiger partial charge in [0.25, 0.3) is 8.53 Å². The molecular formula is C58H70N7O9PSi. The number of ether oxygens (including phenoxy) is 7. The maximum absolute atomic E-state index is 9.72. The van der Waals surface area contributed by atoms with Gasteiger partial charge < -0.3 is 42.2 Å². The van der Waals surface area contributed by atoms with Crippen LogP contribution in [0.4, 0.5) is 0 Å². The Morgan fingerprint density at radius 1 is 0.737 bits per heavy atom. The van der Waals surface area contributed by atoms with Crippen LogP contribution in [0.15, 0.2) is 134 Å². The fourth-order valence-electron chi connectivity index (χ4n) is 9.37. The van der Waals surface area contributed by atoms with Crippen LogP contribution in [0.25, 0.3) is 22.3 Å². The number of nitrogens with zero attached hydrogens (tertiary/aromatic N) is 7. The van der Waals surface area contributed by atoms with Gasteiger partial charge >= 0.3 is 0 Å². The van der Waals surface area contributed by atoms with Gasteiger partial charge in [-0.25, -0.2) is 19.6 Å². The quantitative estimate of drug-likeness (QED) is 0.0217. The highest BCUT2D eigenvalue weighted by atomic mass is 31.2. The molecule has 0 bridgehead atoms. The molecule has 18 heteroatoms. The number of nitriles is 1. The van der Waals surface area contributed by atoms with Gasteiger partial charge in [-0.3, -0.25) is 4.57 Å². The van der Waals surface area contributed by atoms with Crippen molar-refractivity contribution < 1.29 is 42.2 Å². The second kappa shape index (κ2) is 25.7. The molecule has 1 saturated heterocycles. The van der Waals surface area contributed by atoms with Crippen molar-refractivity contribution in [1.29, 1.82) is 5.26 Å². The molecule has 1 aliphatic heterocycles. The number of methoxy groups -OCH3 is 3. The van der Waals surface area contributed by atoms with E-state index in [4.69, 9.17) is 52.2 Å². The van der Waals surface area contributed by atoms with Crippen LogP contribution >= 0.6 is 8.53 Å². The van der Waals surface area contributed by atoms with Crippen LogP contribution in [0, 0.1) is 11.3 Å². The van der Waals surface area contributed by atoms with Crippen LogP contribution in [0.3, 0.4) is 0 Å². The second-order valence-electron chi connectivity index (χ2n) is 20.2. The number of benzene rings is 4.